The predicted molar refractivity (Wildman–Crippen MR) is 119 cm³/mol. The van der Waals surface area contributed by atoms with Crippen molar-refractivity contribution in [2.24, 2.45) is 5.92 Å². The largest absolute Gasteiger partial charge is 0.493 e. The lowest BCUT2D eigenvalue weighted by molar-refractivity contribution is 0.209. The summed E-state index contributed by atoms with van der Waals surface area (Å²) in [5.41, 5.74) is 1.22. The lowest BCUT2D eigenvalue weighted by Gasteiger charge is -2.22. The van der Waals surface area contributed by atoms with Crippen molar-refractivity contribution in [3.8, 4) is 5.75 Å². The minimum Gasteiger partial charge on any atom is -0.493 e. The minimum absolute atomic E-state index is 0.132. The Kier molecular flexibility index (Phi) is 6.27. The number of sulfonamides is 2. The number of anilines is 1. The molecule has 7 nitrogen and oxygen atoms in total. The summed E-state index contributed by atoms with van der Waals surface area (Å²) in [4.78, 5) is 0.324. The highest BCUT2D eigenvalue weighted by atomic mass is 32.2. The summed E-state index contributed by atoms with van der Waals surface area (Å²) in [6, 6.07) is 11.1. The summed E-state index contributed by atoms with van der Waals surface area (Å²) in [6.07, 6.45) is 6.66. The Labute approximate surface area is 184 Å². The lowest BCUT2D eigenvalue weighted by Crippen LogP contribution is -2.29. The number of ether oxygens (including phenoxy) is 1. The first-order valence-electron chi connectivity index (χ1n) is 10.6. The van der Waals surface area contributed by atoms with Crippen LogP contribution in [0.2, 0.25) is 0 Å². The van der Waals surface area contributed by atoms with Gasteiger partial charge in [0.1, 0.15) is 5.75 Å². The van der Waals surface area contributed by atoms with Gasteiger partial charge in [-0.25, -0.2) is 21.6 Å². The van der Waals surface area contributed by atoms with Crippen LogP contribution in [0.4, 0.5) is 5.69 Å². The summed E-state index contributed by atoms with van der Waals surface area (Å²) >= 11 is 0. The van der Waals surface area contributed by atoms with Crippen LogP contribution in [0.15, 0.2) is 52.3 Å². The van der Waals surface area contributed by atoms with Crippen molar-refractivity contribution in [1.82, 2.24) is 4.72 Å². The second-order valence-electron chi connectivity index (χ2n) is 8.11. The van der Waals surface area contributed by atoms with Gasteiger partial charge < -0.3 is 4.74 Å². The van der Waals surface area contributed by atoms with Gasteiger partial charge in [-0.1, -0.05) is 19.3 Å². The van der Waals surface area contributed by atoms with E-state index in [9.17, 15) is 16.8 Å². The van der Waals surface area contributed by atoms with Crippen molar-refractivity contribution in [3.63, 3.8) is 0 Å². The Morgan fingerprint density at radius 3 is 2.32 bits per heavy atom. The quantitative estimate of drug-likeness (QED) is 0.679. The van der Waals surface area contributed by atoms with E-state index in [-0.39, 0.29) is 16.3 Å². The van der Waals surface area contributed by atoms with Gasteiger partial charge in [-0.2, -0.15) is 0 Å². The highest BCUT2D eigenvalue weighted by Gasteiger charge is 2.31. The number of nitrogens with zero attached hydrogens (tertiary/aromatic N) is 1. The van der Waals surface area contributed by atoms with Crippen LogP contribution >= 0.6 is 0 Å². The van der Waals surface area contributed by atoms with E-state index in [2.05, 4.69) is 4.72 Å². The Balaban J connectivity index is 1.49. The fourth-order valence-corrected chi connectivity index (χ4v) is 6.57. The molecule has 1 aliphatic carbocycles. The van der Waals surface area contributed by atoms with Gasteiger partial charge in [0.05, 0.1) is 22.1 Å². The van der Waals surface area contributed by atoms with Crippen molar-refractivity contribution >= 4 is 25.7 Å². The second-order valence-corrected chi connectivity index (χ2v) is 11.9. The van der Waals surface area contributed by atoms with Crippen molar-refractivity contribution in [3.05, 3.63) is 48.0 Å². The zero-order valence-electron chi connectivity index (χ0n) is 17.6. The molecule has 168 valence electrons. The zero-order chi connectivity index (χ0) is 22.1. The molecule has 2 aliphatic rings. The maximum absolute atomic E-state index is 13.2. The summed E-state index contributed by atoms with van der Waals surface area (Å²) < 4.78 is 60.0. The van der Waals surface area contributed by atoms with Crippen LogP contribution in [0.1, 0.15) is 37.7 Å². The van der Waals surface area contributed by atoms with Crippen LogP contribution < -0.4 is 13.8 Å². The normalized spacial score (nSPS) is 17.5. The maximum atomic E-state index is 13.2. The van der Waals surface area contributed by atoms with E-state index in [4.69, 9.17) is 4.74 Å². The molecule has 0 spiro atoms. The van der Waals surface area contributed by atoms with E-state index < -0.39 is 20.0 Å². The third-order valence-corrected chi connectivity index (χ3v) is 9.34. The summed E-state index contributed by atoms with van der Waals surface area (Å²) in [7, 11) is -5.97. The van der Waals surface area contributed by atoms with Gasteiger partial charge in [0.25, 0.3) is 10.0 Å². The highest BCUT2D eigenvalue weighted by Crippen LogP contribution is 2.35. The van der Waals surface area contributed by atoms with Gasteiger partial charge in [0.2, 0.25) is 10.0 Å². The Morgan fingerprint density at radius 2 is 1.65 bits per heavy atom. The van der Waals surface area contributed by atoms with Crippen LogP contribution in [0.3, 0.4) is 0 Å². The zero-order valence-corrected chi connectivity index (χ0v) is 19.2. The molecule has 2 aromatic rings. The summed E-state index contributed by atoms with van der Waals surface area (Å²) in [5.74, 6) is 1.25. The number of fused-ring (bicyclic) bond motifs is 1. The molecule has 1 heterocycles. The van der Waals surface area contributed by atoms with E-state index in [1.165, 1.54) is 49.5 Å². The van der Waals surface area contributed by atoms with Crippen molar-refractivity contribution in [1.29, 1.82) is 0 Å². The molecule has 0 unspecified atom stereocenters. The Morgan fingerprint density at radius 1 is 0.968 bits per heavy atom. The number of rotatable bonds is 7. The van der Waals surface area contributed by atoms with Gasteiger partial charge in [-0.15, -0.1) is 0 Å². The monoisotopic (exact) mass is 464 g/mol. The predicted octanol–water partition coefficient (Wildman–Crippen LogP) is 3.31. The van der Waals surface area contributed by atoms with Gasteiger partial charge in [0, 0.05) is 6.54 Å². The van der Waals surface area contributed by atoms with Gasteiger partial charge in [0.15, 0.2) is 0 Å². The molecule has 9 heteroatoms. The molecule has 0 atom stereocenters. The first kappa shape index (κ1) is 22.1. The molecule has 0 aromatic heterocycles. The van der Waals surface area contributed by atoms with Crippen LogP contribution in [0.25, 0.3) is 0 Å². The van der Waals surface area contributed by atoms with E-state index in [0.717, 1.165) is 0 Å². The van der Waals surface area contributed by atoms with E-state index >= 15 is 0 Å². The van der Waals surface area contributed by atoms with E-state index in [0.29, 0.717) is 35.9 Å². The molecule has 1 fully saturated rings. The lowest BCUT2D eigenvalue weighted by atomic mass is 9.90. The number of benzene rings is 2. The second kappa shape index (κ2) is 8.80. The third-order valence-electron chi connectivity index (χ3n) is 6.11. The molecule has 1 aliphatic heterocycles. The van der Waals surface area contributed by atoms with Crippen molar-refractivity contribution in [2.45, 2.75) is 48.3 Å². The average Bonchev–Trinajstić information content (AvgIpc) is 3.23. The van der Waals surface area contributed by atoms with Crippen molar-refractivity contribution in [2.75, 3.05) is 24.5 Å². The van der Waals surface area contributed by atoms with Crippen molar-refractivity contribution < 1.29 is 21.6 Å². The first-order valence-corrected chi connectivity index (χ1v) is 13.6. The molecule has 1 saturated carbocycles. The SMILES string of the molecule is CNS(=O)(=O)c1ccc2c(c1)CCN2S(=O)(=O)c1ccc(OCC2CCCCC2)cc1. The Bertz CT molecular complexity index is 1140. The number of hydrogen-bond donors (Lipinski definition) is 1. The van der Waals surface area contributed by atoms with E-state index in [1.807, 2.05) is 0 Å². The molecule has 1 N–H and O–H groups in total. The van der Waals surface area contributed by atoms with Gasteiger partial charge in [-0.05, 0) is 80.3 Å². The molecule has 0 amide bonds. The topological polar surface area (TPSA) is 92.8 Å². The highest BCUT2D eigenvalue weighted by molar-refractivity contribution is 7.92. The Hall–Kier alpha value is -2.10. The molecule has 0 radical (unpaired) electrons. The fourth-order valence-electron chi connectivity index (χ4n) is 4.29. The first-order chi connectivity index (χ1) is 14.8. The molecule has 0 bridgehead atoms. The molecule has 4 rings (SSSR count). The molecule has 31 heavy (non-hydrogen) atoms. The maximum Gasteiger partial charge on any atom is 0.264 e. The summed E-state index contributed by atoms with van der Waals surface area (Å²) in [5, 5.41) is 0. The number of hydrogen-bond acceptors (Lipinski definition) is 5. The van der Waals surface area contributed by atoms with Crippen LogP contribution in [0, 0.1) is 5.92 Å². The fraction of sp³-hybridized carbons (Fsp3) is 0.455. The molecule has 0 saturated heterocycles. The average molecular weight is 465 g/mol. The molecular weight excluding hydrogens is 436 g/mol. The van der Waals surface area contributed by atoms with Crippen LogP contribution in [-0.2, 0) is 26.5 Å². The standard InChI is InChI=1S/C22H28N2O5S2/c1-23-30(25,26)21-11-12-22-18(15-21)13-14-24(22)31(27,28)20-9-7-19(8-10-20)29-16-17-5-3-2-4-6-17/h7-12,15,17,23H,2-6,13-14,16H2,1H3. The third kappa shape index (κ3) is 4.58. The molecule has 2 aromatic carbocycles. The van der Waals surface area contributed by atoms with E-state index in [1.54, 1.807) is 36.4 Å². The minimum atomic E-state index is -3.75. The van der Waals surface area contributed by atoms with Gasteiger partial charge >= 0.3 is 0 Å². The molecular formula is C22H28N2O5S2. The smallest absolute Gasteiger partial charge is 0.264 e. The number of nitrogens with one attached hydrogen (secondary N) is 1. The van der Waals surface area contributed by atoms with Crippen LogP contribution in [-0.4, -0.2) is 37.0 Å². The van der Waals surface area contributed by atoms with Crippen LogP contribution in [0.5, 0.6) is 5.75 Å². The summed E-state index contributed by atoms with van der Waals surface area (Å²) in [6.45, 7) is 0.949. The van der Waals surface area contributed by atoms with Gasteiger partial charge in [-0.3, -0.25) is 4.31 Å².